The maximum atomic E-state index is 5.26. The number of pyridine rings is 1. The molecule has 1 aliphatic carbocycles. The molecule has 2 aromatic heterocycles. The van der Waals surface area contributed by atoms with Crippen molar-refractivity contribution >= 4 is 5.69 Å². The molecule has 0 aliphatic heterocycles. The van der Waals surface area contributed by atoms with E-state index in [4.69, 9.17) is 4.52 Å². The minimum absolute atomic E-state index is 0.487. The van der Waals surface area contributed by atoms with Crippen LogP contribution in [0.5, 0.6) is 0 Å². The molecule has 2 aromatic rings. The number of rotatable bonds is 6. The summed E-state index contributed by atoms with van der Waals surface area (Å²) in [5.41, 5.74) is 7.26. The Labute approximate surface area is 154 Å². The maximum absolute atomic E-state index is 5.26. The molecule has 0 saturated carbocycles. The van der Waals surface area contributed by atoms with Crippen LogP contribution < -0.4 is 10.6 Å². The van der Waals surface area contributed by atoms with E-state index in [1.807, 2.05) is 26.2 Å². The lowest BCUT2D eigenvalue weighted by Crippen LogP contribution is -2.24. The van der Waals surface area contributed by atoms with E-state index in [2.05, 4.69) is 59.4 Å². The average molecular weight is 350 g/mol. The summed E-state index contributed by atoms with van der Waals surface area (Å²) >= 11 is 0. The van der Waals surface area contributed by atoms with Crippen molar-refractivity contribution in [2.75, 3.05) is 11.9 Å². The number of hydrogen-bond donors (Lipinski definition) is 2. The second kappa shape index (κ2) is 7.60. The van der Waals surface area contributed by atoms with Crippen molar-refractivity contribution in [2.24, 2.45) is 5.92 Å². The van der Waals surface area contributed by atoms with Crippen LogP contribution >= 0.6 is 0 Å². The van der Waals surface area contributed by atoms with Crippen LogP contribution in [0.15, 0.2) is 58.7 Å². The third-order valence-corrected chi connectivity index (χ3v) is 4.65. The third kappa shape index (κ3) is 3.87. The molecule has 0 bridgehead atoms. The predicted octanol–water partition coefficient (Wildman–Crippen LogP) is 4.74. The molecule has 0 spiro atoms. The van der Waals surface area contributed by atoms with Gasteiger partial charge in [-0.1, -0.05) is 30.8 Å². The fraction of sp³-hybridized carbons (Fsp3) is 0.333. The van der Waals surface area contributed by atoms with E-state index < -0.39 is 0 Å². The highest BCUT2D eigenvalue weighted by Gasteiger charge is 2.15. The van der Waals surface area contributed by atoms with E-state index in [1.54, 1.807) is 0 Å². The Hall–Kier alpha value is -2.82. The van der Waals surface area contributed by atoms with E-state index in [1.165, 1.54) is 11.3 Å². The van der Waals surface area contributed by atoms with Crippen LogP contribution in [0.25, 0.3) is 11.1 Å². The van der Waals surface area contributed by atoms with Crippen molar-refractivity contribution in [3.63, 3.8) is 0 Å². The zero-order chi connectivity index (χ0) is 18.7. The number of allylic oxidation sites excluding steroid dienone is 4. The molecule has 0 aromatic carbocycles. The van der Waals surface area contributed by atoms with Crippen LogP contribution in [0.3, 0.4) is 0 Å². The van der Waals surface area contributed by atoms with Gasteiger partial charge in [0.05, 0.1) is 17.9 Å². The van der Waals surface area contributed by atoms with Gasteiger partial charge in [-0.05, 0) is 44.7 Å². The Kier molecular flexibility index (Phi) is 5.26. The lowest BCUT2D eigenvalue weighted by Gasteiger charge is -2.23. The Morgan fingerprint density at radius 2 is 2.12 bits per heavy atom. The Balaban J connectivity index is 1.66. The first kappa shape index (κ1) is 18.0. The normalized spacial score (nSPS) is 16.7. The molecule has 0 saturated heterocycles. The molecule has 26 heavy (non-hydrogen) atoms. The van der Waals surface area contributed by atoms with E-state index in [-0.39, 0.29) is 0 Å². The molecule has 1 aliphatic rings. The molecule has 136 valence electrons. The fourth-order valence-corrected chi connectivity index (χ4v) is 3.28. The molecular weight excluding hydrogens is 324 g/mol. The summed E-state index contributed by atoms with van der Waals surface area (Å²) in [5, 5.41) is 10.9. The molecule has 0 amide bonds. The van der Waals surface area contributed by atoms with Crippen LogP contribution in [-0.2, 0) is 0 Å². The van der Waals surface area contributed by atoms with Crippen molar-refractivity contribution in [2.45, 2.75) is 34.1 Å². The lowest BCUT2D eigenvalue weighted by atomic mass is 9.94. The second-order valence-corrected chi connectivity index (χ2v) is 6.88. The smallest absolute Gasteiger partial charge is 0.141 e. The molecule has 2 heterocycles. The minimum atomic E-state index is 0.487. The largest absolute Gasteiger partial charge is 0.378 e. The molecule has 0 fully saturated rings. The van der Waals surface area contributed by atoms with Gasteiger partial charge in [0.25, 0.3) is 0 Å². The van der Waals surface area contributed by atoms with E-state index >= 15 is 0 Å². The predicted molar refractivity (Wildman–Crippen MR) is 106 cm³/mol. The number of hydrogen-bond acceptors (Lipinski definition) is 5. The molecule has 5 heteroatoms. The fourth-order valence-electron chi connectivity index (χ4n) is 3.28. The molecular formula is C21H26N4O. The SMILES string of the molecule is C=C(CNc1cncc(-c2c(C)noc2C)c1)NC1=C(C)C=CCC1C. The molecule has 3 rings (SSSR count). The van der Waals surface area contributed by atoms with Crippen LogP contribution in [0, 0.1) is 19.8 Å². The Bertz CT molecular complexity index is 856. The van der Waals surface area contributed by atoms with Gasteiger partial charge in [0.1, 0.15) is 5.76 Å². The lowest BCUT2D eigenvalue weighted by molar-refractivity contribution is 0.393. The molecule has 1 unspecified atom stereocenters. The summed E-state index contributed by atoms with van der Waals surface area (Å²) in [6.07, 6.45) is 9.09. The van der Waals surface area contributed by atoms with Crippen LogP contribution in [-0.4, -0.2) is 16.7 Å². The van der Waals surface area contributed by atoms with Gasteiger partial charge in [0.2, 0.25) is 0 Å². The van der Waals surface area contributed by atoms with Gasteiger partial charge in [-0.25, -0.2) is 0 Å². The van der Waals surface area contributed by atoms with Gasteiger partial charge in [-0.3, -0.25) is 4.98 Å². The van der Waals surface area contributed by atoms with Crippen LogP contribution in [0.2, 0.25) is 0 Å². The number of anilines is 1. The Morgan fingerprint density at radius 1 is 1.31 bits per heavy atom. The van der Waals surface area contributed by atoms with Crippen molar-refractivity contribution in [3.05, 3.63) is 65.6 Å². The van der Waals surface area contributed by atoms with Gasteiger partial charge < -0.3 is 15.2 Å². The second-order valence-electron chi connectivity index (χ2n) is 6.88. The monoisotopic (exact) mass is 350 g/mol. The molecule has 2 N–H and O–H groups in total. The standard InChI is InChI=1S/C21H26N4O/c1-13-7-6-8-14(2)21(13)24-15(3)10-23-19-9-18(11-22-12-19)20-16(4)25-26-17(20)5/h6-7,9,11-12,14,23-24H,3,8,10H2,1-2,4-5H3. The summed E-state index contributed by atoms with van der Waals surface area (Å²) in [6.45, 7) is 13.0. The minimum Gasteiger partial charge on any atom is -0.378 e. The van der Waals surface area contributed by atoms with Crippen molar-refractivity contribution < 1.29 is 4.52 Å². The van der Waals surface area contributed by atoms with Gasteiger partial charge in [-0.2, -0.15) is 0 Å². The number of aryl methyl sites for hydroxylation is 2. The molecule has 0 radical (unpaired) electrons. The van der Waals surface area contributed by atoms with Gasteiger partial charge in [0.15, 0.2) is 0 Å². The summed E-state index contributed by atoms with van der Waals surface area (Å²) in [4.78, 5) is 4.34. The van der Waals surface area contributed by atoms with Crippen molar-refractivity contribution in [1.29, 1.82) is 0 Å². The van der Waals surface area contributed by atoms with Gasteiger partial charge >= 0.3 is 0 Å². The first-order chi connectivity index (χ1) is 12.5. The molecule has 1 atom stereocenters. The highest BCUT2D eigenvalue weighted by molar-refractivity contribution is 5.70. The number of nitrogens with zero attached hydrogens (tertiary/aromatic N) is 2. The summed E-state index contributed by atoms with van der Waals surface area (Å²) < 4.78 is 5.26. The Morgan fingerprint density at radius 3 is 2.81 bits per heavy atom. The number of aromatic nitrogens is 2. The quantitative estimate of drug-likeness (QED) is 0.788. The first-order valence-corrected chi connectivity index (χ1v) is 8.90. The topological polar surface area (TPSA) is 63.0 Å². The first-order valence-electron chi connectivity index (χ1n) is 8.90. The van der Waals surface area contributed by atoms with Gasteiger partial charge in [0, 0.05) is 34.9 Å². The van der Waals surface area contributed by atoms with E-state index in [0.717, 1.165) is 40.4 Å². The van der Waals surface area contributed by atoms with Crippen molar-refractivity contribution in [1.82, 2.24) is 15.5 Å². The third-order valence-electron chi connectivity index (χ3n) is 4.65. The molecule has 5 nitrogen and oxygen atoms in total. The average Bonchev–Trinajstić information content (AvgIpc) is 2.95. The van der Waals surface area contributed by atoms with E-state index in [0.29, 0.717) is 12.5 Å². The van der Waals surface area contributed by atoms with Crippen LogP contribution in [0.4, 0.5) is 5.69 Å². The summed E-state index contributed by atoms with van der Waals surface area (Å²) in [7, 11) is 0. The maximum Gasteiger partial charge on any atom is 0.141 e. The van der Waals surface area contributed by atoms with E-state index in [9.17, 15) is 0 Å². The van der Waals surface area contributed by atoms with Crippen LogP contribution in [0.1, 0.15) is 31.7 Å². The zero-order valence-electron chi connectivity index (χ0n) is 15.9. The number of nitrogens with one attached hydrogen (secondary N) is 2. The van der Waals surface area contributed by atoms with Crippen molar-refractivity contribution in [3.8, 4) is 11.1 Å². The summed E-state index contributed by atoms with van der Waals surface area (Å²) in [5.74, 6) is 1.29. The zero-order valence-corrected chi connectivity index (χ0v) is 15.9. The highest BCUT2D eigenvalue weighted by Crippen LogP contribution is 2.28. The highest BCUT2D eigenvalue weighted by atomic mass is 16.5. The van der Waals surface area contributed by atoms with Gasteiger partial charge in [-0.15, -0.1) is 0 Å². The summed E-state index contributed by atoms with van der Waals surface area (Å²) in [6, 6.07) is 2.06.